The fourth-order valence-corrected chi connectivity index (χ4v) is 4.99. The third kappa shape index (κ3) is 13.3. The Balaban J connectivity index is 2.57. The van der Waals surface area contributed by atoms with Gasteiger partial charge >= 0.3 is 12.1 Å². The first kappa shape index (κ1) is 38.5. The maximum Gasteiger partial charge on any atom is 0.408 e. The van der Waals surface area contributed by atoms with Crippen LogP contribution in [0.25, 0.3) is 0 Å². The van der Waals surface area contributed by atoms with Crippen LogP contribution in [0.1, 0.15) is 91.3 Å². The standard InChI is InChI=1S/C35H51N3O7S/c1-8-9-10-14-20-38(31(41)28(23-46)37-33(43)45-35(5,6)7)29(25-18-15-19-26(39)22-25)30(40)36-27(32(42)44-34(2,3)4)21-24-16-12-11-13-17-24/h11-13,15-19,22,27-29,39,46H,8-10,14,20-21,23H2,1-7H3,(H,36,40)(H,37,43). The summed E-state index contributed by atoms with van der Waals surface area (Å²) in [5.74, 6) is -1.99. The van der Waals surface area contributed by atoms with Gasteiger partial charge in [-0.3, -0.25) is 9.59 Å². The molecule has 2 aromatic carbocycles. The van der Waals surface area contributed by atoms with Crippen LogP contribution in [0.5, 0.6) is 5.75 Å². The molecule has 0 saturated heterocycles. The van der Waals surface area contributed by atoms with Crippen molar-refractivity contribution in [1.82, 2.24) is 15.5 Å². The summed E-state index contributed by atoms with van der Waals surface area (Å²) >= 11 is 4.34. The molecular weight excluding hydrogens is 606 g/mol. The van der Waals surface area contributed by atoms with Gasteiger partial charge in [-0.25, -0.2) is 9.59 Å². The number of carbonyl (C=O) groups is 4. The van der Waals surface area contributed by atoms with E-state index in [0.29, 0.717) is 12.0 Å². The minimum absolute atomic E-state index is 0.0630. The molecule has 0 saturated carbocycles. The number of thiol groups is 1. The molecule has 0 aromatic heterocycles. The first-order valence-corrected chi connectivity index (χ1v) is 16.4. The molecule has 0 aliphatic carbocycles. The number of amides is 3. The highest BCUT2D eigenvalue weighted by Gasteiger charge is 2.38. The Morgan fingerprint density at radius 2 is 1.50 bits per heavy atom. The molecule has 0 aliphatic heterocycles. The minimum Gasteiger partial charge on any atom is -0.508 e. The number of nitrogens with zero attached hydrogens (tertiary/aromatic N) is 1. The fourth-order valence-electron chi connectivity index (χ4n) is 4.75. The maximum absolute atomic E-state index is 14.4. The van der Waals surface area contributed by atoms with Crippen molar-refractivity contribution in [2.75, 3.05) is 12.3 Å². The van der Waals surface area contributed by atoms with Crippen molar-refractivity contribution in [1.29, 1.82) is 0 Å². The summed E-state index contributed by atoms with van der Waals surface area (Å²) < 4.78 is 11.0. The lowest BCUT2D eigenvalue weighted by atomic mass is 10.00. The van der Waals surface area contributed by atoms with Gasteiger partial charge in [-0.05, 0) is 71.2 Å². The smallest absolute Gasteiger partial charge is 0.408 e. The van der Waals surface area contributed by atoms with E-state index in [-0.39, 0.29) is 24.5 Å². The number of phenolic OH excluding ortho intramolecular Hbond substituents is 1. The molecule has 254 valence electrons. The highest BCUT2D eigenvalue weighted by molar-refractivity contribution is 7.80. The Kier molecular flexibility index (Phi) is 14.9. The summed E-state index contributed by atoms with van der Waals surface area (Å²) in [6, 6.07) is 11.8. The maximum atomic E-state index is 14.4. The minimum atomic E-state index is -1.26. The second-order valence-corrected chi connectivity index (χ2v) is 13.6. The quantitative estimate of drug-likeness (QED) is 0.109. The molecule has 3 N–H and O–H groups in total. The molecule has 0 fully saturated rings. The number of hydrogen-bond donors (Lipinski definition) is 4. The Bertz CT molecular complexity index is 1290. The number of hydrogen-bond acceptors (Lipinski definition) is 8. The molecule has 2 aromatic rings. The van der Waals surface area contributed by atoms with E-state index in [4.69, 9.17) is 9.47 Å². The molecule has 11 heteroatoms. The number of phenols is 1. The van der Waals surface area contributed by atoms with E-state index in [1.54, 1.807) is 53.7 Å². The van der Waals surface area contributed by atoms with E-state index in [1.807, 2.05) is 30.3 Å². The van der Waals surface area contributed by atoms with Crippen LogP contribution in [0.15, 0.2) is 54.6 Å². The Morgan fingerprint density at radius 1 is 0.848 bits per heavy atom. The molecule has 46 heavy (non-hydrogen) atoms. The van der Waals surface area contributed by atoms with Crippen LogP contribution in [0, 0.1) is 0 Å². The van der Waals surface area contributed by atoms with Crippen molar-refractivity contribution in [2.24, 2.45) is 0 Å². The zero-order valence-electron chi connectivity index (χ0n) is 28.2. The largest absolute Gasteiger partial charge is 0.508 e. The molecule has 2 rings (SSSR count). The van der Waals surface area contributed by atoms with Gasteiger partial charge in [-0.1, -0.05) is 68.7 Å². The molecule has 0 radical (unpaired) electrons. The van der Waals surface area contributed by atoms with Crippen LogP contribution in [0.2, 0.25) is 0 Å². The van der Waals surface area contributed by atoms with Crippen molar-refractivity contribution in [2.45, 2.75) is 110 Å². The summed E-state index contributed by atoms with van der Waals surface area (Å²) in [5.41, 5.74) is -0.473. The molecule has 3 atom stereocenters. The SMILES string of the molecule is CCCCCCN(C(=O)C(CS)NC(=O)OC(C)(C)C)C(C(=O)NC(Cc1ccccc1)C(=O)OC(C)(C)C)c1cccc(O)c1. The van der Waals surface area contributed by atoms with Crippen molar-refractivity contribution >= 4 is 36.5 Å². The van der Waals surface area contributed by atoms with E-state index in [2.05, 4.69) is 30.2 Å². The number of rotatable bonds is 15. The zero-order valence-corrected chi connectivity index (χ0v) is 29.1. The average Bonchev–Trinajstić information content (AvgIpc) is 2.95. The van der Waals surface area contributed by atoms with Crippen LogP contribution < -0.4 is 10.6 Å². The normalized spacial score (nSPS) is 13.6. The van der Waals surface area contributed by atoms with E-state index in [9.17, 15) is 24.3 Å². The predicted octanol–water partition coefficient (Wildman–Crippen LogP) is 5.73. The molecular formula is C35H51N3O7S. The lowest BCUT2D eigenvalue weighted by Crippen LogP contribution is -2.55. The third-order valence-corrected chi connectivity index (χ3v) is 7.11. The van der Waals surface area contributed by atoms with Crippen molar-refractivity contribution in [3.63, 3.8) is 0 Å². The molecule has 3 unspecified atom stereocenters. The first-order chi connectivity index (χ1) is 21.5. The average molecular weight is 658 g/mol. The Hall–Kier alpha value is -3.73. The lowest BCUT2D eigenvalue weighted by molar-refractivity contribution is -0.159. The number of aromatic hydroxyl groups is 1. The van der Waals surface area contributed by atoms with Crippen LogP contribution >= 0.6 is 12.6 Å². The molecule has 0 bridgehead atoms. The molecule has 3 amide bonds. The lowest BCUT2D eigenvalue weighted by Gasteiger charge is -2.35. The highest BCUT2D eigenvalue weighted by Crippen LogP contribution is 2.27. The topological polar surface area (TPSA) is 134 Å². The van der Waals surface area contributed by atoms with E-state index >= 15 is 0 Å². The van der Waals surface area contributed by atoms with Gasteiger partial charge in [-0.15, -0.1) is 0 Å². The van der Waals surface area contributed by atoms with E-state index in [1.165, 1.54) is 17.0 Å². The Morgan fingerprint density at radius 3 is 2.07 bits per heavy atom. The van der Waals surface area contributed by atoms with Crippen molar-refractivity contribution < 1.29 is 33.8 Å². The molecule has 0 spiro atoms. The summed E-state index contributed by atoms with van der Waals surface area (Å²) in [6.07, 6.45) is 2.62. The van der Waals surface area contributed by atoms with Crippen LogP contribution in [0.3, 0.4) is 0 Å². The van der Waals surface area contributed by atoms with Gasteiger partial charge < -0.3 is 30.1 Å². The van der Waals surface area contributed by atoms with Gasteiger partial charge in [0.2, 0.25) is 11.8 Å². The molecule has 0 aliphatic rings. The van der Waals surface area contributed by atoms with Gasteiger partial charge in [0.1, 0.15) is 35.1 Å². The Labute approximate surface area is 279 Å². The van der Waals surface area contributed by atoms with Gasteiger partial charge in [0.15, 0.2) is 0 Å². The van der Waals surface area contributed by atoms with Crippen molar-refractivity contribution in [3.05, 3.63) is 65.7 Å². The number of ether oxygens (including phenoxy) is 2. The summed E-state index contributed by atoms with van der Waals surface area (Å²) in [4.78, 5) is 56.1. The summed E-state index contributed by atoms with van der Waals surface area (Å²) in [7, 11) is 0. The third-order valence-electron chi connectivity index (χ3n) is 6.74. The number of alkyl carbamates (subject to hydrolysis) is 1. The van der Waals surface area contributed by atoms with Gasteiger partial charge in [0, 0.05) is 18.7 Å². The first-order valence-electron chi connectivity index (χ1n) is 15.8. The van der Waals surface area contributed by atoms with Gasteiger partial charge in [0.05, 0.1) is 0 Å². The predicted molar refractivity (Wildman–Crippen MR) is 182 cm³/mol. The van der Waals surface area contributed by atoms with Crippen LogP contribution in [-0.2, 0) is 30.3 Å². The number of nitrogens with one attached hydrogen (secondary N) is 2. The second kappa shape index (κ2) is 17.8. The molecule has 0 heterocycles. The monoisotopic (exact) mass is 657 g/mol. The number of esters is 1. The van der Waals surface area contributed by atoms with Crippen molar-refractivity contribution in [3.8, 4) is 5.75 Å². The van der Waals surface area contributed by atoms with E-state index < -0.39 is 53.2 Å². The number of unbranched alkanes of at least 4 members (excludes halogenated alkanes) is 3. The molecule has 10 nitrogen and oxygen atoms in total. The van der Waals surface area contributed by atoms with Crippen LogP contribution in [0.4, 0.5) is 4.79 Å². The van der Waals surface area contributed by atoms with Crippen LogP contribution in [-0.4, -0.2) is 69.5 Å². The van der Waals surface area contributed by atoms with Gasteiger partial charge in [-0.2, -0.15) is 12.6 Å². The second-order valence-electron chi connectivity index (χ2n) is 13.3. The fraction of sp³-hybridized carbons (Fsp3) is 0.543. The highest BCUT2D eigenvalue weighted by atomic mass is 32.1. The van der Waals surface area contributed by atoms with Gasteiger partial charge in [0.25, 0.3) is 0 Å². The number of benzene rings is 2. The summed E-state index contributed by atoms with van der Waals surface area (Å²) in [6.45, 7) is 12.6. The zero-order chi connectivity index (χ0) is 34.5. The van der Waals surface area contributed by atoms with E-state index in [0.717, 1.165) is 24.8 Å². The summed E-state index contributed by atoms with van der Waals surface area (Å²) in [5, 5.41) is 15.8. The number of carbonyl (C=O) groups excluding carboxylic acids is 4.